The number of anilines is 1. The first-order valence-corrected chi connectivity index (χ1v) is 5.68. The zero-order valence-corrected chi connectivity index (χ0v) is 9.41. The van der Waals surface area contributed by atoms with Gasteiger partial charge < -0.3 is 10.1 Å². The standard InChI is InChI=1S/C12H15FN2O2/c13-9-3-1-4-10(7-9)15-12(16)17-11-5-2-6-14-8-11/h1,3-4,7,11,14H,2,5-6,8H2,(H,15,16). The van der Waals surface area contributed by atoms with Crippen molar-refractivity contribution in [2.75, 3.05) is 18.4 Å². The normalized spacial score (nSPS) is 19.7. The molecule has 2 rings (SSSR count). The molecule has 4 nitrogen and oxygen atoms in total. The summed E-state index contributed by atoms with van der Waals surface area (Å²) in [5, 5.41) is 5.65. The molecule has 1 aromatic rings. The molecule has 1 amide bonds. The zero-order chi connectivity index (χ0) is 12.1. The molecule has 0 aliphatic carbocycles. The van der Waals surface area contributed by atoms with Gasteiger partial charge >= 0.3 is 6.09 Å². The Hall–Kier alpha value is -1.62. The lowest BCUT2D eigenvalue weighted by molar-refractivity contribution is 0.0941. The van der Waals surface area contributed by atoms with E-state index in [9.17, 15) is 9.18 Å². The van der Waals surface area contributed by atoms with Gasteiger partial charge in [-0.2, -0.15) is 0 Å². The molecule has 0 spiro atoms. The Bertz CT molecular complexity index is 392. The molecule has 1 aliphatic rings. The number of carbonyl (C=O) groups excluding carboxylic acids is 1. The SMILES string of the molecule is O=C(Nc1cccc(F)c1)OC1CCCNC1. The Morgan fingerprint density at radius 2 is 2.41 bits per heavy atom. The fourth-order valence-electron chi connectivity index (χ4n) is 1.79. The van der Waals surface area contributed by atoms with E-state index in [1.54, 1.807) is 6.07 Å². The third-order valence-electron chi connectivity index (χ3n) is 2.60. The molecule has 1 heterocycles. The van der Waals surface area contributed by atoms with Crippen molar-refractivity contribution in [1.82, 2.24) is 5.32 Å². The second kappa shape index (κ2) is 5.63. The summed E-state index contributed by atoms with van der Waals surface area (Å²) in [6, 6.07) is 5.72. The molecule has 0 saturated carbocycles. The number of halogens is 1. The minimum Gasteiger partial charge on any atom is -0.445 e. The maximum Gasteiger partial charge on any atom is 0.411 e. The predicted molar refractivity (Wildman–Crippen MR) is 62.4 cm³/mol. The van der Waals surface area contributed by atoms with Crippen molar-refractivity contribution in [3.8, 4) is 0 Å². The highest BCUT2D eigenvalue weighted by Gasteiger charge is 2.17. The van der Waals surface area contributed by atoms with E-state index in [1.165, 1.54) is 18.2 Å². The quantitative estimate of drug-likeness (QED) is 0.829. The smallest absolute Gasteiger partial charge is 0.411 e. The number of carbonyl (C=O) groups is 1. The lowest BCUT2D eigenvalue weighted by Gasteiger charge is -2.22. The predicted octanol–water partition coefficient (Wildman–Crippen LogP) is 2.13. The molecule has 92 valence electrons. The molecule has 0 bridgehead atoms. The van der Waals surface area contributed by atoms with Gasteiger partial charge in [0.1, 0.15) is 11.9 Å². The van der Waals surface area contributed by atoms with Crippen LogP contribution in [-0.4, -0.2) is 25.3 Å². The summed E-state index contributed by atoms with van der Waals surface area (Å²) in [5.41, 5.74) is 0.402. The molecule has 1 aliphatic heterocycles. The number of benzene rings is 1. The number of hydrogen-bond donors (Lipinski definition) is 2. The molecule has 1 unspecified atom stereocenters. The lowest BCUT2D eigenvalue weighted by Crippen LogP contribution is -2.37. The van der Waals surface area contributed by atoms with Gasteiger partial charge in [-0.1, -0.05) is 6.07 Å². The molecule has 5 heteroatoms. The lowest BCUT2D eigenvalue weighted by atomic mass is 10.1. The fraction of sp³-hybridized carbons (Fsp3) is 0.417. The number of nitrogens with one attached hydrogen (secondary N) is 2. The van der Waals surface area contributed by atoms with Crippen LogP contribution < -0.4 is 10.6 Å². The molecule has 17 heavy (non-hydrogen) atoms. The topological polar surface area (TPSA) is 50.4 Å². The first-order valence-electron chi connectivity index (χ1n) is 5.68. The summed E-state index contributed by atoms with van der Waals surface area (Å²) in [7, 11) is 0. The van der Waals surface area contributed by atoms with E-state index in [0.29, 0.717) is 12.2 Å². The summed E-state index contributed by atoms with van der Waals surface area (Å²) in [6.07, 6.45) is 1.23. The summed E-state index contributed by atoms with van der Waals surface area (Å²) >= 11 is 0. The summed E-state index contributed by atoms with van der Waals surface area (Å²) < 4.78 is 18.1. The Morgan fingerprint density at radius 1 is 1.53 bits per heavy atom. The Balaban J connectivity index is 1.84. The van der Waals surface area contributed by atoms with Crippen molar-refractivity contribution in [1.29, 1.82) is 0 Å². The van der Waals surface area contributed by atoms with Crippen LogP contribution in [0.2, 0.25) is 0 Å². The Morgan fingerprint density at radius 3 is 3.12 bits per heavy atom. The molecule has 1 atom stereocenters. The molecular weight excluding hydrogens is 223 g/mol. The van der Waals surface area contributed by atoms with Gasteiger partial charge in [-0.05, 0) is 37.6 Å². The molecule has 2 N–H and O–H groups in total. The van der Waals surface area contributed by atoms with E-state index in [1.807, 2.05) is 0 Å². The second-order valence-corrected chi connectivity index (χ2v) is 4.01. The van der Waals surface area contributed by atoms with E-state index < -0.39 is 6.09 Å². The first kappa shape index (κ1) is 11.9. The number of hydrogen-bond acceptors (Lipinski definition) is 3. The molecule has 0 aromatic heterocycles. The minimum absolute atomic E-state index is 0.0997. The first-order chi connectivity index (χ1) is 8.24. The van der Waals surface area contributed by atoms with E-state index in [-0.39, 0.29) is 11.9 Å². The van der Waals surface area contributed by atoms with E-state index in [4.69, 9.17) is 4.74 Å². The van der Waals surface area contributed by atoms with Crippen LogP contribution in [0.15, 0.2) is 24.3 Å². The Labute approximate surface area is 99.2 Å². The van der Waals surface area contributed by atoms with Crippen LogP contribution in [0.5, 0.6) is 0 Å². The van der Waals surface area contributed by atoms with Crippen LogP contribution in [0.1, 0.15) is 12.8 Å². The molecule has 0 radical (unpaired) electrons. The van der Waals surface area contributed by atoms with Gasteiger partial charge in [0.25, 0.3) is 0 Å². The molecule has 1 fully saturated rings. The van der Waals surface area contributed by atoms with Gasteiger partial charge in [0.05, 0.1) is 0 Å². The minimum atomic E-state index is -0.538. The summed E-state index contributed by atoms with van der Waals surface area (Å²) in [6.45, 7) is 1.64. The number of ether oxygens (including phenoxy) is 1. The highest BCUT2D eigenvalue weighted by Crippen LogP contribution is 2.11. The summed E-state index contributed by atoms with van der Waals surface area (Å²) in [4.78, 5) is 11.5. The van der Waals surface area contributed by atoms with Crippen molar-refractivity contribution in [3.05, 3.63) is 30.1 Å². The highest BCUT2D eigenvalue weighted by molar-refractivity contribution is 5.84. The van der Waals surface area contributed by atoms with Gasteiger partial charge in [-0.15, -0.1) is 0 Å². The zero-order valence-electron chi connectivity index (χ0n) is 9.41. The maximum atomic E-state index is 12.9. The fourth-order valence-corrected chi connectivity index (χ4v) is 1.79. The second-order valence-electron chi connectivity index (χ2n) is 4.01. The van der Waals surface area contributed by atoms with Crippen molar-refractivity contribution < 1.29 is 13.9 Å². The van der Waals surface area contributed by atoms with Crippen molar-refractivity contribution in [2.45, 2.75) is 18.9 Å². The van der Waals surface area contributed by atoms with Crippen LogP contribution in [0.25, 0.3) is 0 Å². The molecule has 1 aromatic carbocycles. The van der Waals surface area contributed by atoms with Crippen molar-refractivity contribution in [2.24, 2.45) is 0 Å². The van der Waals surface area contributed by atoms with Gasteiger partial charge in [-0.3, -0.25) is 5.32 Å². The molecular formula is C12H15FN2O2. The third-order valence-corrected chi connectivity index (χ3v) is 2.60. The summed E-state index contributed by atoms with van der Waals surface area (Å²) in [5.74, 6) is -0.387. The number of amides is 1. The van der Waals surface area contributed by atoms with Crippen LogP contribution in [-0.2, 0) is 4.74 Å². The van der Waals surface area contributed by atoms with Gasteiger partial charge in [0.2, 0.25) is 0 Å². The average molecular weight is 238 g/mol. The van der Waals surface area contributed by atoms with Crippen LogP contribution in [0.3, 0.4) is 0 Å². The number of piperidine rings is 1. The van der Waals surface area contributed by atoms with Gasteiger partial charge in [-0.25, -0.2) is 9.18 Å². The van der Waals surface area contributed by atoms with Crippen LogP contribution in [0.4, 0.5) is 14.9 Å². The average Bonchev–Trinajstić information content (AvgIpc) is 2.30. The largest absolute Gasteiger partial charge is 0.445 e. The third kappa shape index (κ3) is 3.71. The maximum absolute atomic E-state index is 12.9. The van der Waals surface area contributed by atoms with E-state index >= 15 is 0 Å². The van der Waals surface area contributed by atoms with Crippen LogP contribution >= 0.6 is 0 Å². The van der Waals surface area contributed by atoms with E-state index in [2.05, 4.69) is 10.6 Å². The monoisotopic (exact) mass is 238 g/mol. The van der Waals surface area contributed by atoms with Crippen molar-refractivity contribution >= 4 is 11.8 Å². The Kier molecular flexibility index (Phi) is 3.93. The highest BCUT2D eigenvalue weighted by atomic mass is 19.1. The number of rotatable bonds is 2. The van der Waals surface area contributed by atoms with Crippen LogP contribution in [0, 0.1) is 5.82 Å². The van der Waals surface area contributed by atoms with Crippen molar-refractivity contribution in [3.63, 3.8) is 0 Å². The van der Waals surface area contributed by atoms with E-state index in [0.717, 1.165) is 19.4 Å². The van der Waals surface area contributed by atoms with Gasteiger partial charge in [0.15, 0.2) is 0 Å². The molecule has 1 saturated heterocycles. The van der Waals surface area contributed by atoms with Gasteiger partial charge in [0, 0.05) is 12.2 Å².